The number of hydrogen-bond acceptors (Lipinski definition) is 4. The third-order valence-corrected chi connectivity index (χ3v) is 3.68. The number of rotatable bonds is 3. The fraction of sp³-hybridized carbons (Fsp3) is 0.316. The van der Waals surface area contributed by atoms with E-state index in [1.807, 2.05) is 12.1 Å². The highest BCUT2D eigenvalue weighted by Gasteiger charge is 2.39. The zero-order valence-corrected chi connectivity index (χ0v) is 14.8. The van der Waals surface area contributed by atoms with Gasteiger partial charge in [-0.1, -0.05) is 25.5 Å². The molecule has 8 heteroatoms. The number of aryl methyl sites for hydroxylation is 1. The van der Waals surface area contributed by atoms with Gasteiger partial charge in [0.15, 0.2) is 11.6 Å². The summed E-state index contributed by atoms with van der Waals surface area (Å²) in [5.74, 6) is -2.39. The molecule has 1 aliphatic rings. The largest absolute Gasteiger partial charge is 0.489 e. The number of benzene rings is 2. The lowest BCUT2D eigenvalue weighted by molar-refractivity contribution is -0.141. The molecule has 0 fully saturated rings. The van der Waals surface area contributed by atoms with Crippen LogP contribution in [-0.2, 0) is 24.0 Å². The van der Waals surface area contributed by atoms with Crippen molar-refractivity contribution in [3.63, 3.8) is 0 Å². The van der Waals surface area contributed by atoms with E-state index in [4.69, 9.17) is 10.5 Å². The van der Waals surface area contributed by atoms with E-state index in [2.05, 4.69) is 16.9 Å². The molecule has 27 heavy (non-hydrogen) atoms. The predicted molar refractivity (Wildman–Crippen MR) is 91.9 cm³/mol. The minimum atomic E-state index is -4.90. The number of anilines is 1. The van der Waals surface area contributed by atoms with Crippen molar-refractivity contribution in [1.82, 2.24) is 0 Å². The Balaban J connectivity index is 0.000000266. The van der Waals surface area contributed by atoms with E-state index in [1.165, 1.54) is 5.56 Å². The second-order valence-electron chi connectivity index (χ2n) is 5.92. The molecule has 2 aromatic carbocycles. The molecule has 0 amide bonds. The molecular formula is C19H19F4NO3. The van der Waals surface area contributed by atoms with Gasteiger partial charge in [-0.15, -0.1) is 0 Å². The Hall–Kier alpha value is -2.77. The standard InChI is InChI=1S/C12H13F4NO2.C7H6O/c1-3-4-7-5-8(17)9(12(14,15)16)11(10(7)13)19-6(2)18;1-2-6-4-7(3-1)8-5-6/h5H,3-4,17H2,1-2H3;1-4H,5H2. The van der Waals surface area contributed by atoms with Crippen LogP contribution < -0.4 is 15.2 Å². The van der Waals surface area contributed by atoms with Gasteiger partial charge in [0, 0.05) is 12.6 Å². The number of hydrogen-bond donors (Lipinski definition) is 1. The van der Waals surface area contributed by atoms with E-state index >= 15 is 0 Å². The van der Waals surface area contributed by atoms with Crippen LogP contribution in [-0.4, -0.2) is 5.97 Å². The van der Waals surface area contributed by atoms with Crippen LogP contribution in [0.15, 0.2) is 30.3 Å². The zero-order valence-electron chi connectivity index (χ0n) is 14.8. The van der Waals surface area contributed by atoms with Gasteiger partial charge in [-0.05, 0) is 35.7 Å². The molecule has 4 nitrogen and oxygen atoms in total. The molecule has 0 aromatic heterocycles. The fourth-order valence-corrected chi connectivity index (χ4v) is 2.58. The molecule has 0 unspecified atom stereocenters. The van der Waals surface area contributed by atoms with Crippen molar-refractivity contribution in [2.24, 2.45) is 0 Å². The van der Waals surface area contributed by atoms with Crippen LogP contribution in [0.3, 0.4) is 0 Å². The number of halogens is 4. The fourth-order valence-electron chi connectivity index (χ4n) is 2.58. The number of esters is 1. The number of nitrogen functional groups attached to an aromatic ring is 1. The number of alkyl halides is 3. The van der Waals surface area contributed by atoms with Crippen LogP contribution in [0.25, 0.3) is 0 Å². The summed E-state index contributed by atoms with van der Waals surface area (Å²) >= 11 is 0. The van der Waals surface area contributed by atoms with Crippen molar-refractivity contribution in [2.45, 2.75) is 39.5 Å². The average molecular weight is 385 g/mol. The number of carbonyl (C=O) groups is 1. The Bertz CT molecular complexity index is 815. The second kappa shape index (κ2) is 8.28. The van der Waals surface area contributed by atoms with Crippen LogP contribution >= 0.6 is 0 Å². The Labute approximate surface area is 153 Å². The molecule has 0 aliphatic carbocycles. The quantitative estimate of drug-likeness (QED) is 0.354. The van der Waals surface area contributed by atoms with E-state index in [0.29, 0.717) is 6.42 Å². The summed E-state index contributed by atoms with van der Waals surface area (Å²) in [6, 6.07) is 9.03. The lowest BCUT2D eigenvalue weighted by atomic mass is 10.0. The monoisotopic (exact) mass is 385 g/mol. The SMILES string of the molecule is CCCc1cc(N)c(C(F)(F)F)c(OC(C)=O)c1F.c1cc2cc(c1)OC2. The van der Waals surface area contributed by atoms with Gasteiger partial charge in [0.2, 0.25) is 0 Å². The van der Waals surface area contributed by atoms with Crippen LogP contribution in [0.5, 0.6) is 11.5 Å². The number of fused-ring (bicyclic) bond motifs is 2. The van der Waals surface area contributed by atoms with Crippen molar-refractivity contribution in [3.8, 4) is 11.5 Å². The molecular weight excluding hydrogens is 366 g/mol. The predicted octanol–water partition coefficient (Wildman–Crippen LogP) is 4.88. The molecule has 1 heterocycles. The van der Waals surface area contributed by atoms with E-state index in [1.54, 1.807) is 6.92 Å². The van der Waals surface area contributed by atoms with Gasteiger partial charge in [0.1, 0.15) is 17.9 Å². The lowest BCUT2D eigenvalue weighted by Gasteiger charge is -2.17. The van der Waals surface area contributed by atoms with E-state index < -0.39 is 35.0 Å². The van der Waals surface area contributed by atoms with Gasteiger partial charge in [-0.2, -0.15) is 13.2 Å². The molecule has 2 N–H and O–H groups in total. The number of carbonyl (C=O) groups excluding carboxylic acids is 1. The Morgan fingerprint density at radius 2 is 2.00 bits per heavy atom. The molecule has 3 rings (SSSR count). The smallest absolute Gasteiger partial charge is 0.422 e. The molecule has 2 aromatic rings. The van der Waals surface area contributed by atoms with Crippen molar-refractivity contribution < 1.29 is 31.8 Å². The highest BCUT2D eigenvalue weighted by Crippen LogP contribution is 2.43. The second-order valence-corrected chi connectivity index (χ2v) is 5.92. The van der Waals surface area contributed by atoms with Crippen molar-refractivity contribution >= 4 is 11.7 Å². The van der Waals surface area contributed by atoms with E-state index in [-0.39, 0.29) is 12.0 Å². The highest BCUT2D eigenvalue weighted by molar-refractivity contribution is 5.72. The third kappa shape index (κ3) is 5.12. The highest BCUT2D eigenvalue weighted by atomic mass is 19.4. The lowest BCUT2D eigenvalue weighted by Crippen LogP contribution is -2.16. The Kier molecular flexibility index (Phi) is 6.30. The summed E-state index contributed by atoms with van der Waals surface area (Å²) in [6.07, 6.45) is -4.19. The molecule has 0 atom stereocenters. The topological polar surface area (TPSA) is 61.5 Å². The van der Waals surface area contributed by atoms with Crippen LogP contribution in [0.1, 0.15) is 37.0 Å². The van der Waals surface area contributed by atoms with Gasteiger partial charge in [0.25, 0.3) is 0 Å². The minimum Gasteiger partial charge on any atom is -0.489 e. The number of ether oxygens (including phenoxy) is 2. The Morgan fingerprint density at radius 3 is 2.52 bits per heavy atom. The summed E-state index contributed by atoms with van der Waals surface area (Å²) in [5.41, 5.74) is 4.46. The minimum absolute atomic E-state index is 0.00995. The Morgan fingerprint density at radius 1 is 1.30 bits per heavy atom. The summed E-state index contributed by atoms with van der Waals surface area (Å²) in [6.45, 7) is 3.39. The first-order valence-corrected chi connectivity index (χ1v) is 8.21. The maximum absolute atomic E-state index is 14.0. The average Bonchev–Trinajstić information content (AvgIpc) is 2.89. The molecule has 146 valence electrons. The molecule has 0 saturated heterocycles. The molecule has 0 saturated carbocycles. The third-order valence-electron chi connectivity index (χ3n) is 3.68. The van der Waals surface area contributed by atoms with Gasteiger partial charge in [0.05, 0.1) is 0 Å². The first-order valence-electron chi connectivity index (χ1n) is 8.21. The summed E-state index contributed by atoms with van der Waals surface area (Å²) in [7, 11) is 0. The zero-order chi connectivity index (χ0) is 20.2. The van der Waals surface area contributed by atoms with Crippen molar-refractivity contribution in [2.75, 3.05) is 5.73 Å². The van der Waals surface area contributed by atoms with E-state index in [9.17, 15) is 22.4 Å². The van der Waals surface area contributed by atoms with Crippen molar-refractivity contribution in [3.05, 3.63) is 52.8 Å². The van der Waals surface area contributed by atoms with Gasteiger partial charge >= 0.3 is 12.1 Å². The maximum atomic E-state index is 14.0. The van der Waals surface area contributed by atoms with Crippen LogP contribution in [0, 0.1) is 5.82 Å². The number of nitrogens with two attached hydrogens (primary N) is 1. The van der Waals surface area contributed by atoms with Crippen molar-refractivity contribution in [1.29, 1.82) is 0 Å². The molecule has 0 spiro atoms. The van der Waals surface area contributed by atoms with Crippen LogP contribution in [0.2, 0.25) is 0 Å². The first-order chi connectivity index (χ1) is 12.6. The molecule has 1 aliphatic heterocycles. The van der Waals surface area contributed by atoms with Gasteiger partial charge < -0.3 is 15.2 Å². The summed E-state index contributed by atoms with van der Waals surface area (Å²) < 4.78 is 62.0. The molecule has 0 radical (unpaired) electrons. The van der Waals surface area contributed by atoms with Gasteiger partial charge in [-0.25, -0.2) is 4.39 Å². The first kappa shape index (κ1) is 20.5. The van der Waals surface area contributed by atoms with E-state index in [0.717, 1.165) is 25.3 Å². The molecule has 2 bridgehead atoms. The van der Waals surface area contributed by atoms with Crippen LogP contribution in [0.4, 0.5) is 23.2 Å². The summed E-state index contributed by atoms with van der Waals surface area (Å²) in [4.78, 5) is 10.8. The van der Waals surface area contributed by atoms with Gasteiger partial charge in [-0.3, -0.25) is 4.79 Å². The maximum Gasteiger partial charge on any atom is 0.422 e. The normalized spacial score (nSPS) is 12.1. The summed E-state index contributed by atoms with van der Waals surface area (Å²) in [5, 5.41) is 0.